The van der Waals surface area contributed by atoms with Gasteiger partial charge in [0.2, 0.25) is 0 Å². The Kier molecular flexibility index (Phi) is 3.76. The molecule has 4 rings (SSSR count). The van der Waals surface area contributed by atoms with E-state index in [4.69, 9.17) is 9.26 Å². The summed E-state index contributed by atoms with van der Waals surface area (Å²) in [6, 6.07) is 1.65. The van der Waals surface area contributed by atoms with Gasteiger partial charge in [0.05, 0.1) is 5.60 Å². The van der Waals surface area contributed by atoms with Gasteiger partial charge in [0.1, 0.15) is 18.1 Å². The second-order valence-corrected chi connectivity index (χ2v) is 6.39. The number of hydrogen-bond acceptors (Lipinski definition) is 7. The monoisotopic (exact) mass is 329 g/mol. The van der Waals surface area contributed by atoms with E-state index < -0.39 is 0 Å². The summed E-state index contributed by atoms with van der Waals surface area (Å²) in [5.74, 6) is 1.14. The topological polar surface area (TPSA) is 94.2 Å². The molecule has 2 aromatic rings. The largest absolute Gasteiger partial charge is 0.362 e. The van der Waals surface area contributed by atoms with Gasteiger partial charge < -0.3 is 14.2 Å². The van der Waals surface area contributed by atoms with Gasteiger partial charge in [-0.25, -0.2) is 9.97 Å². The third kappa shape index (κ3) is 2.77. The average molecular weight is 329 g/mol. The molecular weight excluding hydrogens is 310 g/mol. The van der Waals surface area contributed by atoms with Crippen molar-refractivity contribution in [3.8, 4) is 0 Å². The lowest BCUT2D eigenvalue weighted by Gasteiger charge is -2.38. The number of ether oxygens (including phenoxy) is 1. The summed E-state index contributed by atoms with van der Waals surface area (Å²) in [4.78, 5) is 26.4. The van der Waals surface area contributed by atoms with E-state index in [0.717, 1.165) is 25.7 Å². The number of nitrogens with zero attached hydrogens (tertiary/aromatic N) is 5. The van der Waals surface area contributed by atoms with Gasteiger partial charge in [-0.1, -0.05) is 5.16 Å². The van der Waals surface area contributed by atoms with Crippen LogP contribution in [0.15, 0.2) is 23.1 Å². The molecule has 2 saturated heterocycles. The van der Waals surface area contributed by atoms with Crippen LogP contribution in [0.3, 0.4) is 0 Å². The fraction of sp³-hybridized carbons (Fsp3) is 0.562. The van der Waals surface area contributed by atoms with Crippen LogP contribution in [0.4, 0.5) is 0 Å². The van der Waals surface area contributed by atoms with Gasteiger partial charge >= 0.3 is 0 Å². The highest BCUT2D eigenvalue weighted by atomic mass is 16.5. The molecule has 2 aliphatic rings. The molecule has 1 amide bonds. The van der Waals surface area contributed by atoms with Gasteiger partial charge in [0.15, 0.2) is 5.82 Å². The molecule has 0 saturated carbocycles. The Morgan fingerprint density at radius 3 is 2.83 bits per heavy atom. The lowest BCUT2D eigenvalue weighted by atomic mass is 9.88. The van der Waals surface area contributed by atoms with Crippen molar-refractivity contribution in [1.29, 1.82) is 0 Å². The van der Waals surface area contributed by atoms with Crippen molar-refractivity contribution in [2.75, 3.05) is 13.1 Å². The first-order chi connectivity index (χ1) is 11.7. The lowest BCUT2D eigenvalue weighted by Crippen LogP contribution is -2.46. The predicted octanol–water partition coefficient (Wildman–Crippen LogP) is 1.69. The van der Waals surface area contributed by atoms with Crippen molar-refractivity contribution >= 4 is 5.91 Å². The molecule has 2 fully saturated rings. The quantitative estimate of drug-likeness (QED) is 0.827. The molecule has 0 bridgehead atoms. The highest BCUT2D eigenvalue weighted by Gasteiger charge is 2.45. The number of amides is 1. The minimum atomic E-state index is -0.185. The molecule has 1 atom stereocenters. The van der Waals surface area contributed by atoms with E-state index in [1.54, 1.807) is 19.2 Å². The summed E-state index contributed by atoms with van der Waals surface area (Å²) in [6.07, 6.45) is 6.31. The molecule has 2 aliphatic heterocycles. The molecule has 24 heavy (non-hydrogen) atoms. The molecule has 1 spiro atoms. The van der Waals surface area contributed by atoms with E-state index in [9.17, 15) is 4.79 Å². The van der Waals surface area contributed by atoms with Crippen LogP contribution in [0, 0.1) is 6.92 Å². The second-order valence-electron chi connectivity index (χ2n) is 6.39. The van der Waals surface area contributed by atoms with Crippen LogP contribution in [0.1, 0.15) is 54.0 Å². The van der Waals surface area contributed by atoms with Crippen molar-refractivity contribution in [3.05, 3.63) is 36.0 Å². The average Bonchev–Trinajstić information content (AvgIpc) is 3.23. The summed E-state index contributed by atoms with van der Waals surface area (Å²) in [5, 5.41) is 3.83. The van der Waals surface area contributed by atoms with Crippen molar-refractivity contribution in [3.63, 3.8) is 0 Å². The number of likely N-dealkylation sites (tertiary alicyclic amines) is 1. The van der Waals surface area contributed by atoms with E-state index in [1.807, 2.05) is 4.90 Å². The van der Waals surface area contributed by atoms with Gasteiger partial charge in [-0.3, -0.25) is 4.79 Å². The van der Waals surface area contributed by atoms with Crippen LogP contribution in [-0.4, -0.2) is 49.6 Å². The molecule has 126 valence electrons. The SMILES string of the molecule is Cc1noc([C@@H]2CCC3(CCN(C(=O)c4ccncn4)CC3)O2)n1. The number of aromatic nitrogens is 4. The zero-order valence-electron chi connectivity index (χ0n) is 13.5. The van der Waals surface area contributed by atoms with Gasteiger partial charge in [0, 0.05) is 19.3 Å². The molecule has 0 N–H and O–H groups in total. The van der Waals surface area contributed by atoms with E-state index in [0.29, 0.717) is 30.5 Å². The zero-order valence-corrected chi connectivity index (χ0v) is 13.5. The van der Waals surface area contributed by atoms with Crippen molar-refractivity contribution in [2.45, 2.75) is 44.3 Å². The number of carbonyl (C=O) groups is 1. The van der Waals surface area contributed by atoms with E-state index in [2.05, 4.69) is 20.1 Å². The third-order valence-corrected chi connectivity index (χ3v) is 4.84. The normalized spacial score (nSPS) is 22.9. The van der Waals surface area contributed by atoms with E-state index in [1.165, 1.54) is 6.33 Å². The number of carbonyl (C=O) groups excluding carboxylic acids is 1. The lowest BCUT2D eigenvalue weighted by molar-refractivity contribution is -0.0821. The van der Waals surface area contributed by atoms with Crippen LogP contribution in [0.2, 0.25) is 0 Å². The first-order valence-corrected chi connectivity index (χ1v) is 8.19. The molecule has 4 heterocycles. The van der Waals surface area contributed by atoms with Crippen molar-refractivity contribution in [1.82, 2.24) is 25.0 Å². The predicted molar refractivity (Wildman–Crippen MR) is 82.0 cm³/mol. The van der Waals surface area contributed by atoms with E-state index in [-0.39, 0.29) is 17.6 Å². The van der Waals surface area contributed by atoms with Crippen LogP contribution in [-0.2, 0) is 4.74 Å². The summed E-state index contributed by atoms with van der Waals surface area (Å²) in [5.41, 5.74) is 0.252. The van der Waals surface area contributed by atoms with Gasteiger partial charge in [-0.05, 0) is 38.7 Å². The Morgan fingerprint density at radius 2 is 2.17 bits per heavy atom. The number of aryl methyl sites for hydroxylation is 1. The Labute approximate surface area is 139 Å². The van der Waals surface area contributed by atoms with Crippen LogP contribution in [0.25, 0.3) is 0 Å². The molecule has 0 aliphatic carbocycles. The standard InChI is InChI=1S/C16H19N5O3/c1-11-19-14(24-20-11)13-2-4-16(23-13)5-8-21(9-6-16)15(22)12-3-7-17-10-18-12/h3,7,10,13H,2,4-6,8-9H2,1H3/t13-/m0/s1. The molecule has 8 nitrogen and oxygen atoms in total. The molecular formula is C16H19N5O3. The molecule has 0 radical (unpaired) electrons. The Balaban J connectivity index is 1.39. The minimum Gasteiger partial charge on any atom is -0.362 e. The fourth-order valence-electron chi connectivity index (χ4n) is 3.50. The van der Waals surface area contributed by atoms with Crippen LogP contribution in [0.5, 0.6) is 0 Å². The maximum Gasteiger partial charge on any atom is 0.272 e. The number of hydrogen-bond donors (Lipinski definition) is 0. The van der Waals surface area contributed by atoms with Gasteiger partial charge in [-0.15, -0.1) is 0 Å². The zero-order chi connectivity index (χ0) is 16.6. The molecule has 8 heteroatoms. The molecule has 0 aromatic carbocycles. The van der Waals surface area contributed by atoms with E-state index >= 15 is 0 Å². The third-order valence-electron chi connectivity index (χ3n) is 4.84. The smallest absolute Gasteiger partial charge is 0.272 e. The minimum absolute atomic E-state index is 0.0469. The maximum absolute atomic E-state index is 12.5. The van der Waals surface area contributed by atoms with Crippen molar-refractivity contribution in [2.24, 2.45) is 0 Å². The van der Waals surface area contributed by atoms with Crippen LogP contribution < -0.4 is 0 Å². The maximum atomic E-state index is 12.5. The summed E-state index contributed by atoms with van der Waals surface area (Å²) >= 11 is 0. The van der Waals surface area contributed by atoms with Crippen LogP contribution >= 0.6 is 0 Å². The number of piperidine rings is 1. The van der Waals surface area contributed by atoms with Crippen molar-refractivity contribution < 1.29 is 14.1 Å². The van der Waals surface area contributed by atoms with Gasteiger partial charge in [0.25, 0.3) is 11.8 Å². The second kappa shape index (κ2) is 5.94. The summed E-state index contributed by atoms with van der Waals surface area (Å²) in [6.45, 7) is 3.13. The van der Waals surface area contributed by atoms with Gasteiger partial charge in [-0.2, -0.15) is 4.98 Å². The Morgan fingerprint density at radius 1 is 1.33 bits per heavy atom. The summed E-state index contributed by atoms with van der Waals surface area (Å²) < 4.78 is 11.5. The highest BCUT2D eigenvalue weighted by Crippen LogP contribution is 2.44. The highest BCUT2D eigenvalue weighted by molar-refractivity contribution is 5.92. The first-order valence-electron chi connectivity index (χ1n) is 8.19. The summed E-state index contributed by atoms with van der Waals surface area (Å²) in [7, 11) is 0. The molecule has 0 unspecified atom stereocenters. The number of rotatable bonds is 2. The Hall–Kier alpha value is -2.35. The first kappa shape index (κ1) is 15.2. The molecule has 2 aromatic heterocycles. The fourth-order valence-corrected chi connectivity index (χ4v) is 3.50. The Bertz CT molecular complexity index is 724.